The Morgan fingerprint density at radius 1 is 2.00 bits per heavy atom. The van der Waals surface area contributed by atoms with Crippen LogP contribution in [0, 0.1) is 5.92 Å². The van der Waals surface area contributed by atoms with Crippen molar-refractivity contribution in [1.29, 1.82) is 0 Å². The Kier molecular flexibility index (Phi) is 2.06. The maximum absolute atomic E-state index is 10.4. The SMILES string of the molecule is C=CCC(C(=O)O)C1CO1. The number of carbonyl (C=O) groups is 1. The summed E-state index contributed by atoms with van der Waals surface area (Å²) < 4.78 is 4.86. The second kappa shape index (κ2) is 2.84. The van der Waals surface area contributed by atoms with Crippen molar-refractivity contribution in [3.63, 3.8) is 0 Å². The monoisotopic (exact) mass is 142 g/mol. The summed E-state index contributed by atoms with van der Waals surface area (Å²) in [5.41, 5.74) is 0. The molecule has 2 unspecified atom stereocenters. The number of epoxide rings is 1. The average Bonchev–Trinajstić information content (AvgIpc) is 2.63. The Labute approximate surface area is 59.3 Å². The average molecular weight is 142 g/mol. The van der Waals surface area contributed by atoms with Crippen LogP contribution in [0.25, 0.3) is 0 Å². The molecule has 1 aliphatic rings. The topological polar surface area (TPSA) is 49.8 Å². The molecule has 1 rings (SSSR count). The minimum absolute atomic E-state index is 0.0597. The van der Waals surface area contributed by atoms with Gasteiger partial charge in [-0.05, 0) is 6.42 Å². The van der Waals surface area contributed by atoms with E-state index in [0.717, 1.165) is 0 Å². The summed E-state index contributed by atoms with van der Waals surface area (Å²) in [6.07, 6.45) is 2.05. The van der Waals surface area contributed by atoms with Gasteiger partial charge in [0.1, 0.15) is 0 Å². The molecule has 3 heteroatoms. The number of allylic oxidation sites excluding steroid dienone is 1. The van der Waals surface area contributed by atoms with E-state index in [0.29, 0.717) is 13.0 Å². The van der Waals surface area contributed by atoms with Crippen LogP contribution in [0.15, 0.2) is 12.7 Å². The van der Waals surface area contributed by atoms with Crippen LogP contribution in [0.1, 0.15) is 6.42 Å². The standard InChI is InChI=1S/C7H10O3/c1-2-3-5(7(8)9)6-4-10-6/h2,5-6H,1,3-4H2,(H,8,9). The molecule has 0 aromatic rings. The largest absolute Gasteiger partial charge is 0.481 e. The van der Waals surface area contributed by atoms with E-state index in [4.69, 9.17) is 9.84 Å². The third kappa shape index (κ3) is 1.57. The van der Waals surface area contributed by atoms with Crippen molar-refractivity contribution in [2.45, 2.75) is 12.5 Å². The number of carboxylic acid groups (broad SMARTS) is 1. The molecule has 0 aromatic heterocycles. The van der Waals surface area contributed by atoms with E-state index >= 15 is 0 Å². The van der Waals surface area contributed by atoms with Crippen LogP contribution in [-0.2, 0) is 9.53 Å². The van der Waals surface area contributed by atoms with Gasteiger partial charge in [0.05, 0.1) is 18.6 Å². The molecule has 1 saturated heterocycles. The van der Waals surface area contributed by atoms with E-state index in [2.05, 4.69) is 6.58 Å². The molecule has 0 saturated carbocycles. The van der Waals surface area contributed by atoms with Crippen LogP contribution in [0.2, 0.25) is 0 Å². The third-order valence-corrected chi connectivity index (χ3v) is 1.55. The summed E-state index contributed by atoms with van der Waals surface area (Å²) in [6, 6.07) is 0. The van der Waals surface area contributed by atoms with Crippen LogP contribution in [0.5, 0.6) is 0 Å². The second-order valence-corrected chi connectivity index (χ2v) is 2.34. The number of aliphatic carboxylic acids is 1. The van der Waals surface area contributed by atoms with Crippen molar-refractivity contribution >= 4 is 5.97 Å². The van der Waals surface area contributed by atoms with Gasteiger partial charge in [-0.3, -0.25) is 4.79 Å². The molecule has 0 bridgehead atoms. The van der Waals surface area contributed by atoms with E-state index in [1.54, 1.807) is 6.08 Å². The summed E-state index contributed by atoms with van der Waals surface area (Å²) in [5, 5.41) is 8.59. The Morgan fingerprint density at radius 2 is 2.60 bits per heavy atom. The van der Waals surface area contributed by atoms with Gasteiger partial charge in [-0.25, -0.2) is 0 Å². The molecule has 2 atom stereocenters. The van der Waals surface area contributed by atoms with E-state index in [1.165, 1.54) is 0 Å². The van der Waals surface area contributed by atoms with Crippen molar-refractivity contribution < 1.29 is 14.6 Å². The van der Waals surface area contributed by atoms with Crippen molar-refractivity contribution in [1.82, 2.24) is 0 Å². The smallest absolute Gasteiger partial charge is 0.309 e. The van der Waals surface area contributed by atoms with Gasteiger partial charge in [0, 0.05) is 0 Å². The van der Waals surface area contributed by atoms with Gasteiger partial charge in [0.2, 0.25) is 0 Å². The lowest BCUT2D eigenvalue weighted by molar-refractivity contribution is -0.142. The third-order valence-electron chi connectivity index (χ3n) is 1.55. The van der Waals surface area contributed by atoms with Crippen LogP contribution < -0.4 is 0 Å². The highest BCUT2D eigenvalue weighted by molar-refractivity contribution is 5.71. The summed E-state index contributed by atoms with van der Waals surface area (Å²) in [7, 11) is 0. The molecule has 0 spiro atoms. The molecule has 0 amide bonds. The van der Waals surface area contributed by atoms with Crippen LogP contribution >= 0.6 is 0 Å². The minimum atomic E-state index is -0.789. The van der Waals surface area contributed by atoms with Gasteiger partial charge < -0.3 is 9.84 Å². The Hall–Kier alpha value is -0.830. The van der Waals surface area contributed by atoms with Crippen molar-refractivity contribution in [2.24, 2.45) is 5.92 Å². The van der Waals surface area contributed by atoms with Gasteiger partial charge in [0.25, 0.3) is 0 Å². The van der Waals surface area contributed by atoms with Gasteiger partial charge in [-0.2, -0.15) is 0 Å². The van der Waals surface area contributed by atoms with Gasteiger partial charge in [-0.15, -0.1) is 6.58 Å². The summed E-state index contributed by atoms with van der Waals surface area (Å²) in [4.78, 5) is 10.4. The zero-order valence-corrected chi connectivity index (χ0v) is 5.62. The van der Waals surface area contributed by atoms with E-state index in [9.17, 15) is 4.79 Å². The second-order valence-electron chi connectivity index (χ2n) is 2.34. The highest BCUT2D eigenvalue weighted by atomic mass is 16.6. The number of hydrogen-bond acceptors (Lipinski definition) is 2. The van der Waals surface area contributed by atoms with E-state index in [-0.39, 0.29) is 12.0 Å². The Morgan fingerprint density at radius 3 is 2.90 bits per heavy atom. The molecule has 10 heavy (non-hydrogen) atoms. The fourth-order valence-electron chi connectivity index (χ4n) is 0.879. The number of carboxylic acids is 1. The van der Waals surface area contributed by atoms with Crippen LogP contribution in [-0.4, -0.2) is 23.8 Å². The molecule has 0 radical (unpaired) electrons. The van der Waals surface area contributed by atoms with E-state index < -0.39 is 5.97 Å². The minimum Gasteiger partial charge on any atom is -0.481 e. The van der Waals surface area contributed by atoms with Gasteiger partial charge >= 0.3 is 5.97 Å². The molecule has 1 aliphatic heterocycles. The number of ether oxygens (including phenoxy) is 1. The first-order chi connectivity index (χ1) is 4.75. The highest BCUT2D eigenvalue weighted by Crippen LogP contribution is 2.23. The normalized spacial score (nSPS) is 25.4. The molecule has 1 N–H and O–H groups in total. The fourth-order valence-corrected chi connectivity index (χ4v) is 0.879. The molecule has 56 valence electrons. The lowest BCUT2D eigenvalue weighted by Crippen LogP contribution is -2.18. The van der Waals surface area contributed by atoms with Gasteiger partial charge in [-0.1, -0.05) is 6.08 Å². The molecule has 0 aliphatic carbocycles. The number of hydrogen-bond donors (Lipinski definition) is 1. The van der Waals surface area contributed by atoms with Crippen molar-refractivity contribution in [3.8, 4) is 0 Å². The lowest BCUT2D eigenvalue weighted by atomic mass is 10.0. The molecule has 1 fully saturated rings. The first kappa shape index (κ1) is 7.28. The zero-order chi connectivity index (χ0) is 7.56. The lowest BCUT2D eigenvalue weighted by Gasteiger charge is -2.03. The van der Waals surface area contributed by atoms with Crippen molar-refractivity contribution in [2.75, 3.05) is 6.61 Å². The maximum atomic E-state index is 10.4. The quantitative estimate of drug-likeness (QED) is 0.463. The highest BCUT2D eigenvalue weighted by Gasteiger charge is 2.36. The summed E-state index contributed by atoms with van der Waals surface area (Å²) in [6.45, 7) is 4.06. The zero-order valence-electron chi connectivity index (χ0n) is 5.62. The molecule has 3 nitrogen and oxygen atoms in total. The fraction of sp³-hybridized carbons (Fsp3) is 0.571. The van der Waals surface area contributed by atoms with Gasteiger partial charge in [0.15, 0.2) is 0 Å². The van der Waals surface area contributed by atoms with Crippen LogP contribution in [0.4, 0.5) is 0 Å². The van der Waals surface area contributed by atoms with Crippen molar-refractivity contribution in [3.05, 3.63) is 12.7 Å². The predicted octanol–water partition coefficient (Wildman–Crippen LogP) is 0.662. The molecule has 0 aromatic carbocycles. The molecule has 1 heterocycles. The first-order valence-electron chi connectivity index (χ1n) is 3.21. The number of rotatable bonds is 4. The summed E-state index contributed by atoms with van der Waals surface area (Å²) in [5.74, 6) is -1.17. The first-order valence-corrected chi connectivity index (χ1v) is 3.21. The van der Waals surface area contributed by atoms with Crippen LogP contribution in [0.3, 0.4) is 0 Å². The maximum Gasteiger partial charge on any atom is 0.309 e. The molecular formula is C7H10O3. The van der Waals surface area contributed by atoms with E-state index in [1.807, 2.05) is 0 Å². The Bertz CT molecular complexity index is 149. The predicted molar refractivity (Wildman–Crippen MR) is 35.7 cm³/mol. The summed E-state index contributed by atoms with van der Waals surface area (Å²) >= 11 is 0. The molecular weight excluding hydrogens is 132 g/mol. The Balaban J connectivity index is 2.41.